The van der Waals surface area contributed by atoms with Gasteiger partial charge in [0.1, 0.15) is 0 Å². The molecular formula is C18H38BrN. The molecule has 0 amide bonds. The van der Waals surface area contributed by atoms with Gasteiger partial charge in [-0.15, -0.1) is 0 Å². The minimum atomic E-state index is 0. The lowest BCUT2D eigenvalue weighted by Crippen LogP contribution is -3.00. The fourth-order valence-corrected chi connectivity index (χ4v) is 3.64. The highest BCUT2D eigenvalue weighted by atomic mass is 79.9. The molecule has 0 aromatic heterocycles. The predicted molar refractivity (Wildman–Crippen MR) is 86.5 cm³/mol. The van der Waals surface area contributed by atoms with Gasteiger partial charge >= 0.3 is 0 Å². The van der Waals surface area contributed by atoms with Gasteiger partial charge in [0.25, 0.3) is 0 Å². The summed E-state index contributed by atoms with van der Waals surface area (Å²) in [7, 11) is 0. The van der Waals surface area contributed by atoms with Gasteiger partial charge in [0.05, 0.1) is 26.2 Å². The van der Waals surface area contributed by atoms with Crippen LogP contribution >= 0.6 is 0 Å². The lowest BCUT2D eigenvalue weighted by molar-refractivity contribution is -0.915. The molecule has 0 N–H and O–H groups in total. The van der Waals surface area contributed by atoms with E-state index in [1.54, 1.807) is 0 Å². The number of hydrogen-bond acceptors (Lipinski definition) is 0. The van der Waals surface area contributed by atoms with E-state index in [2.05, 4.69) is 13.8 Å². The summed E-state index contributed by atoms with van der Waals surface area (Å²) in [5.41, 5.74) is 0. The molecule has 0 radical (unpaired) electrons. The van der Waals surface area contributed by atoms with E-state index in [1.807, 2.05) is 0 Å². The Morgan fingerprint density at radius 1 is 0.650 bits per heavy atom. The van der Waals surface area contributed by atoms with Crippen molar-refractivity contribution >= 4 is 0 Å². The zero-order chi connectivity index (χ0) is 13.8. The molecule has 0 spiro atoms. The summed E-state index contributed by atoms with van der Waals surface area (Å²) in [5.74, 6) is 0. The number of quaternary nitrogens is 1. The summed E-state index contributed by atoms with van der Waals surface area (Å²) in [4.78, 5) is 0. The minimum absolute atomic E-state index is 0. The highest BCUT2D eigenvalue weighted by Gasteiger charge is 2.28. The summed E-state index contributed by atoms with van der Waals surface area (Å²) < 4.78 is 1.44. The molecular weight excluding hydrogens is 310 g/mol. The first kappa shape index (κ1) is 20.4. The van der Waals surface area contributed by atoms with E-state index in [0.717, 1.165) is 0 Å². The smallest absolute Gasteiger partial charge is 0.0788 e. The highest BCUT2D eigenvalue weighted by molar-refractivity contribution is 4.55. The average Bonchev–Trinajstić information content (AvgIpc) is 2.90. The summed E-state index contributed by atoms with van der Waals surface area (Å²) in [6.45, 7) is 10.5. The summed E-state index contributed by atoms with van der Waals surface area (Å²) in [6, 6.07) is 0. The van der Waals surface area contributed by atoms with Gasteiger partial charge in [-0.25, -0.2) is 0 Å². The van der Waals surface area contributed by atoms with Crippen molar-refractivity contribution < 1.29 is 21.5 Å². The molecule has 0 aromatic rings. The van der Waals surface area contributed by atoms with Crippen LogP contribution in [-0.4, -0.2) is 30.7 Å². The van der Waals surface area contributed by atoms with Gasteiger partial charge in [-0.05, 0) is 19.8 Å². The lowest BCUT2D eigenvalue weighted by Gasteiger charge is -2.33. The van der Waals surface area contributed by atoms with E-state index in [4.69, 9.17) is 0 Å². The third kappa shape index (κ3) is 8.67. The average molecular weight is 348 g/mol. The normalized spacial score (nSPS) is 17.1. The second-order valence-corrected chi connectivity index (χ2v) is 6.72. The fourth-order valence-electron chi connectivity index (χ4n) is 3.64. The van der Waals surface area contributed by atoms with Gasteiger partial charge < -0.3 is 21.5 Å². The maximum atomic E-state index is 2.39. The third-order valence-corrected chi connectivity index (χ3v) is 5.17. The second-order valence-electron chi connectivity index (χ2n) is 6.72. The molecule has 1 saturated heterocycles. The third-order valence-electron chi connectivity index (χ3n) is 5.17. The lowest BCUT2D eigenvalue weighted by atomic mass is 10.1. The molecule has 2 heteroatoms. The van der Waals surface area contributed by atoms with Crippen LogP contribution in [0.4, 0.5) is 0 Å². The van der Waals surface area contributed by atoms with Crippen molar-refractivity contribution in [2.75, 3.05) is 26.2 Å². The predicted octanol–water partition coefficient (Wildman–Crippen LogP) is 2.54. The summed E-state index contributed by atoms with van der Waals surface area (Å²) in [5, 5.41) is 0. The zero-order valence-corrected chi connectivity index (χ0v) is 15.7. The molecule has 122 valence electrons. The van der Waals surface area contributed by atoms with E-state index in [-0.39, 0.29) is 17.0 Å². The van der Waals surface area contributed by atoms with Crippen molar-refractivity contribution in [2.45, 2.75) is 90.9 Å². The van der Waals surface area contributed by atoms with E-state index in [1.165, 1.54) is 108 Å². The first-order chi connectivity index (χ1) is 9.33. The Labute approximate surface area is 138 Å². The monoisotopic (exact) mass is 347 g/mol. The first-order valence-corrected chi connectivity index (χ1v) is 9.18. The van der Waals surface area contributed by atoms with Crippen LogP contribution in [-0.2, 0) is 0 Å². The van der Waals surface area contributed by atoms with Crippen LogP contribution in [0.5, 0.6) is 0 Å². The molecule has 0 unspecified atom stereocenters. The quantitative estimate of drug-likeness (QED) is 0.376. The Kier molecular flexibility index (Phi) is 13.4. The molecule has 1 fully saturated rings. The first-order valence-electron chi connectivity index (χ1n) is 9.18. The van der Waals surface area contributed by atoms with Gasteiger partial charge in [-0.1, -0.05) is 58.3 Å². The number of unbranched alkanes of at least 4 members (excludes halogenated alkanes) is 9. The number of hydrogen-bond donors (Lipinski definition) is 0. The van der Waals surface area contributed by atoms with E-state index < -0.39 is 0 Å². The number of likely N-dealkylation sites (tertiary alicyclic amines) is 1. The van der Waals surface area contributed by atoms with Gasteiger partial charge in [-0.2, -0.15) is 0 Å². The minimum Gasteiger partial charge on any atom is -1.00 e. The SMILES string of the molecule is CCCCCCCCCCCC[N+]1(CC)CCCC1.[Br-]. The Balaban J connectivity index is 0.00000361. The van der Waals surface area contributed by atoms with E-state index in [9.17, 15) is 0 Å². The van der Waals surface area contributed by atoms with Crippen LogP contribution in [0.2, 0.25) is 0 Å². The molecule has 1 aliphatic heterocycles. The van der Waals surface area contributed by atoms with Crippen LogP contribution in [0.15, 0.2) is 0 Å². The molecule has 1 nitrogen and oxygen atoms in total. The van der Waals surface area contributed by atoms with Crippen LogP contribution in [0.1, 0.15) is 90.9 Å². The van der Waals surface area contributed by atoms with Crippen LogP contribution in [0, 0.1) is 0 Å². The van der Waals surface area contributed by atoms with Crippen LogP contribution in [0.25, 0.3) is 0 Å². The number of halogens is 1. The van der Waals surface area contributed by atoms with Crippen LogP contribution < -0.4 is 17.0 Å². The molecule has 0 atom stereocenters. The number of rotatable bonds is 12. The Hall–Kier alpha value is 0.440. The fraction of sp³-hybridized carbons (Fsp3) is 1.00. The van der Waals surface area contributed by atoms with Crippen molar-refractivity contribution in [3.8, 4) is 0 Å². The van der Waals surface area contributed by atoms with Crippen LogP contribution in [0.3, 0.4) is 0 Å². The zero-order valence-electron chi connectivity index (χ0n) is 14.1. The highest BCUT2D eigenvalue weighted by Crippen LogP contribution is 2.20. The van der Waals surface area contributed by atoms with Gasteiger partial charge in [0.15, 0.2) is 0 Å². The maximum Gasteiger partial charge on any atom is 0.0788 e. The number of nitrogens with zero attached hydrogens (tertiary/aromatic N) is 1. The van der Waals surface area contributed by atoms with Gasteiger partial charge in [0, 0.05) is 12.8 Å². The molecule has 0 bridgehead atoms. The van der Waals surface area contributed by atoms with Crippen molar-refractivity contribution in [1.82, 2.24) is 0 Å². The summed E-state index contributed by atoms with van der Waals surface area (Å²) >= 11 is 0. The summed E-state index contributed by atoms with van der Waals surface area (Å²) in [6.07, 6.45) is 17.6. The molecule has 0 aromatic carbocycles. The Bertz CT molecular complexity index is 200. The molecule has 1 aliphatic rings. The van der Waals surface area contributed by atoms with Crippen molar-refractivity contribution in [3.63, 3.8) is 0 Å². The maximum absolute atomic E-state index is 2.39. The van der Waals surface area contributed by atoms with E-state index >= 15 is 0 Å². The molecule has 0 aliphatic carbocycles. The van der Waals surface area contributed by atoms with Crippen molar-refractivity contribution in [3.05, 3.63) is 0 Å². The molecule has 1 rings (SSSR count). The van der Waals surface area contributed by atoms with Crippen molar-refractivity contribution in [2.24, 2.45) is 0 Å². The standard InChI is InChI=1S/C18H38N.BrH/c1-3-5-6-7-8-9-10-11-12-13-16-19(4-2)17-14-15-18-19;/h3-18H2,1-2H3;1H/q+1;/p-1. The second kappa shape index (κ2) is 13.1. The van der Waals surface area contributed by atoms with E-state index in [0.29, 0.717) is 0 Å². The Morgan fingerprint density at radius 2 is 1.10 bits per heavy atom. The van der Waals surface area contributed by atoms with Gasteiger partial charge in [0.2, 0.25) is 0 Å². The molecule has 0 saturated carbocycles. The molecule has 20 heavy (non-hydrogen) atoms. The van der Waals surface area contributed by atoms with Crippen molar-refractivity contribution in [1.29, 1.82) is 0 Å². The largest absolute Gasteiger partial charge is 1.00 e. The van der Waals surface area contributed by atoms with Gasteiger partial charge in [-0.3, -0.25) is 0 Å². The Morgan fingerprint density at radius 3 is 1.55 bits per heavy atom. The topological polar surface area (TPSA) is 0 Å². The molecule has 1 heterocycles.